The van der Waals surface area contributed by atoms with Crippen LogP contribution in [-0.4, -0.2) is 8.42 Å². The molecule has 0 saturated carbocycles. The zero-order valence-corrected chi connectivity index (χ0v) is 12.2. The van der Waals surface area contributed by atoms with E-state index < -0.39 is 9.84 Å². The maximum atomic E-state index is 12.4. The molecule has 20 heavy (non-hydrogen) atoms. The summed E-state index contributed by atoms with van der Waals surface area (Å²) in [6.07, 6.45) is 0. The highest BCUT2D eigenvalue weighted by Crippen LogP contribution is 2.21. The average molecular weight is 285 g/mol. The molecule has 4 heteroatoms. The van der Waals surface area contributed by atoms with E-state index in [0.717, 1.165) is 11.1 Å². The molecule has 0 heterocycles. The predicted molar refractivity (Wildman–Crippen MR) is 78.0 cm³/mol. The Morgan fingerprint density at radius 1 is 1.05 bits per heavy atom. The summed E-state index contributed by atoms with van der Waals surface area (Å²) < 4.78 is 24.8. The summed E-state index contributed by atoms with van der Waals surface area (Å²) in [5.74, 6) is -0.154. The molecular formula is C16H15NO2S. The first kappa shape index (κ1) is 14.3. The zero-order chi connectivity index (χ0) is 14.8. The van der Waals surface area contributed by atoms with Crippen LogP contribution in [0.1, 0.15) is 22.3 Å². The van der Waals surface area contributed by atoms with Crippen molar-refractivity contribution in [1.29, 1.82) is 5.26 Å². The number of sulfone groups is 1. The number of rotatable bonds is 3. The van der Waals surface area contributed by atoms with Gasteiger partial charge in [-0.15, -0.1) is 0 Å². The van der Waals surface area contributed by atoms with E-state index in [-0.39, 0.29) is 5.75 Å². The summed E-state index contributed by atoms with van der Waals surface area (Å²) in [7, 11) is -3.44. The molecule has 0 aromatic heterocycles. The minimum Gasteiger partial charge on any atom is -0.223 e. The second-order valence-corrected chi connectivity index (χ2v) is 6.76. The average Bonchev–Trinajstić information content (AvgIpc) is 2.42. The number of hydrogen-bond donors (Lipinski definition) is 0. The molecule has 2 rings (SSSR count). The highest BCUT2D eigenvalue weighted by molar-refractivity contribution is 7.90. The number of hydrogen-bond acceptors (Lipinski definition) is 3. The molecule has 0 aliphatic heterocycles. The molecule has 0 N–H and O–H groups in total. The maximum Gasteiger partial charge on any atom is 0.182 e. The normalized spacial score (nSPS) is 11.1. The minimum absolute atomic E-state index is 0.154. The molecule has 0 aliphatic rings. The molecule has 0 fully saturated rings. The van der Waals surface area contributed by atoms with Gasteiger partial charge in [0.15, 0.2) is 9.84 Å². The molecule has 0 amide bonds. The van der Waals surface area contributed by atoms with Crippen molar-refractivity contribution in [2.45, 2.75) is 24.5 Å². The summed E-state index contributed by atoms with van der Waals surface area (Å²) >= 11 is 0. The van der Waals surface area contributed by atoms with E-state index in [9.17, 15) is 8.42 Å². The number of benzene rings is 2. The monoisotopic (exact) mass is 285 g/mol. The van der Waals surface area contributed by atoms with Crippen molar-refractivity contribution in [3.8, 4) is 6.07 Å². The standard InChI is InChI=1S/C16H15NO2S/c1-12-7-8-16(9-13(12)2)20(18,19)11-15-6-4-3-5-14(15)10-17/h3-9H,11H2,1-2H3. The van der Waals surface area contributed by atoms with Gasteiger partial charge < -0.3 is 0 Å². The van der Waals surface area contributed by atoms with Crippen LogP contribution < -0.4 is 0 Å². The van der Waals surface area contributed by atoms with Gasteiger partial charge in [0.1, 0.15) is 0 Å². The van der Waals surface area contributed by atoms with Crippen LogP contribution in [0, 0.1) is 25.2 Å². The Bertz CT molecular complexity index is 786. The van der Waals surface area contributed by atoms with Crippen LogP contribution in [0.3, 0.4) is 0 Å². The fraction of sp³-hybridized carbons (Fsp3) is 0.188. The second-order valence-electron chi connectivity index (χ2n) is 4.77. The van der Waals surface area contributed by atoms with Gasteiger partial charge in [-0.25, -0.2) is 8.42 Å². The third kappa shape index (κ3) is 2.89. The highest BCUT2D eigenvalue weighted by Gasteiger charge is 2.17. The van der Waals surface area contributed by atoms with Crippen LogP contribution in [0.5, 0.6) is 0 Å². The summed E-state index contributed by atoms with van der Waals surface area (Å²) in [6.45, 7) is 3.83. The van der Waals surface area contributed by atoms with Crippen molar-refractivity contribution in [3.63, 3.8) is 0 Å². The number of nitriles is 1. The first-order valence-corrected chi connectivity index (χ1v) is 7.87. The fourth-order valence-corrected chi connectivity index (χ4v) is 3.41. The SMILES string of the molecule is Cc1ccc(S(=O)(=O)Cc2ccccc2C#N)cc1C. The van der Waals surface area contributed by atoms with E-state index in [0.29, 0.717) is 16.0 Å². The summed E-state index contributed by atoms with van der Waals surface area (Å²) in [6, 6.07) is 13.9. The molecule has 2 aromatic carbocycles. The van der Waals surface area contributed by atoms with E-state index in [1.54, 1.807) is 42.5 Å². The van der Waals surface area contributed by atoms with Crippen LogP contribution >= 0.6 is 0 Å². The number of nitrogens with zero attached hydrogens (tertiary/aromatic N) is 1. The van der Waals surface area contributed by atoms with E-state index >= 15 is 0 Å². The zero-order valence-electron chi connectivity index (χ0n) is 11.4. The third-order valence-electron chi connectivity index (χ3n) is 3.32. The van der Waals surface area contributed by atoms with Gasteiger partial charge in [-0.1, -0.05) is 24.3 Å². The van der Waals surface area contributed by atoms with Gasteiger partial charge in [0.2, 0.25) is 0 Å². The Balaban J connectivity index is 2.41. The molecule has 0 atom stereocenters. The van der Waals surface area contributed by atoms with Gasteiger partial charge in [-0.05, 0) is 48.7 Å². The van der Waals surface area contributed by atoms with Gasteiger partial charge >= 0.3 is 0 Å². The fourth-order valence-electron chi connectivity index (χ4n) is 1.95. The topological polar surface area (TPSA) is 57.9 Å². The van der Waals surface area contributed by atoms with Crippen molar-refractivity contribution in [1.82, 2.24) is 0 Å². The molecule has 0 spiro atoms. The number of aryl methyl sites for hydroxylation is 2. The van der Waals surface area contributed by atoms with Gasteiger partial charge in [-0.2, -0.15) is 5.26 Å². The third-order valence-corrected chi connectivity index (χ3v) is 4.98. The Labute approximate surface area is 119 Å². The summed E-state index contributed by atoms with van der Waals surface area (Å²) in [4.78, 5) is 0.299. The molecular weight excluding hydrogens is 270 g/mol. The molecule has 3 nitrogen and oxygen atoms in total. The Morgan fingerprint density at radius 3 is 2.40 bits per heavy atom. The maximum absolute atomic E-state index is 12.4. The first-order chi connectivity index (χ1) is 9.44. The van der Waals surface area contributed by atoms with Crippen molar-refractivity contribution < 1.29 is 8.42 Å². The van der Waals surface area contributed by atoms with Crippen molar-refractivity contribution in [2.24, 2.45) is 0 Å². The van der Waals surface area contributed by atoms with Crippen molar-refractivity contribution in [3.05, 3.63) is 64.7 Å². The van der Waals surface area contributed by atoms with E-state index in [1.807, 2.05) is 19.9 Å². The minimum atomic E-state index is -3.44. The summed E-state index contributed by atoms with van der Waals surface area (Å²) in [5, 5.41) is 9.02. The molecule has 0 unspecified atom stereocenters. The van der Waals surface area contributed by atoms with Gasteiger partial charge in [0, 0.05) is 0 Å². The van der Waals surface area contributed by atoms with E-state index in [4.69, 9.17) is 5.26 Å². The molecule has 0 bridgehead atoms. The summed E-state index contributed by atoms with van der Waals surface area (Å²) in [5.41, 5.74) is 2.94. The van der Waals surface area contributed by atoms with Crippen molar-refractivity contribution >= 4 is 9.84 Å². The van der Waals surface area contributed by atoms with Crippen LogP contribution in [0.4, 0.5) is 0 Å². The predicted octanol–water partition coefficient (Wildman–Crippen LogP) is 3.15. The van der Waals surface area contributed by atoms with Crippen LogP contribution in [0.2, 0.25) is 0 Å². The molecule has 0 aliphatic carbocycles. The molecule has 2 aromatic rings. The van der Waals surface area contributed by atoms with E-state index in [1.165, 1.54) is 0 Å². The van der Waals surface area contributed by atoms with Crippen LogP contribution in [0.25, 0.3) is 0 Å². The second kappa shape index (κ2) is 5.48. The van der Waals surface area contributed by atoms with Crippen molar-refractivity contribution in [2.75, 3.05) is 0 Å². The quantitative estimate of drug-likeness (QED) is 0.870. The highest BCUT2D eigenvalue weighted by atomic mass is 32.2. The molecule has 102 valence electrons. The molecule has 0 saturated heterocycles. The first-order valence-electron chi connectivity index (χ1n) is 6.22. The molecule has 0 radical (unpaired) electrons. The lowest BCUT2D eigenvalue weighted by Gasteiger charge is -2.08. The Morgan fingerprint density at radius 2 is 1.75 bits per heavy atom. The van der Waals surface area contributed by atoms with E-state index in [2.05, 4.69) is 0 Å². The van der Waals surface area contributed by atoms with Crippen LogP contribution in [0.15, 0.2) is 47.4 Å². The lowest BCUT2D eigenvalue weighted by Crippen LogP contribution is -2.07. The Hall–Kier alpha value is -2.12. The van der Waals surface area contributed by atoms with Gasteiger partial charge in [0.25, 0.3) is 0 Å². The lowest BCUT2D eigenvalue weighted by atomic mass is 10.1. The smallest absolute Gasteiger partial charge is 0.182 e. The largest absolute Gasteiger partial charge is 0.223 e. The van der Waals surface area contributed by atoms with Crippen LogP contribution in [-0.2, 0) is 15.6 Å². The lowest BCUT2D eigenvalue weighted by molar-refractivity contribution is 0.595. The van der Waals surface area contributed by atoms with Gasteiger partial charge in [0.05, 0.1) is 22.3 Å². The Kier molecular flexibility index (Phi) is 3.91. The van der Waals surface area contributed by atoms with Gasteiger partial charge in [-0.3, -0.25) is 0 Å².